The van der Waals surface area contributed by atoms with E-state index in [1.54, 1.807) is 0 Å². The first-order valence-electron chi connectivity index (χ1n) is 8.00. The van der Waals surface area contributed by atoms with Gasteiger partial charge in [-0.25, -0.2) is 4.39 Å². The highest BCUT2D eigenvalue weighted by atomic mass is 79.9. The first kappa shape index (κ1) is 17.2. The average molecular weight is 377 g/mol. The minimum atomic E-state index is -0.286. The van der Waals surface area contributed by atoms with E-state index in [1.165, 1.54) is 32.1 Å². The zero-order valence-electron chi connectivity index (χ0n) is 12.6. The number of nitrogens with one attached hydrogen (secondary N) is 1. The lowest BCUT2D eigenvalue weighted by Crippen LogP contribution is -2.23. The van der Waals surface area contributed by atoms with Gasteiger partial charge < -0.3 is 5.32 Å². The Hall–Kier alpha value is -0.120. The van der Waals surface area contributed by atoms with Gasteiger partial charge in [0.05, 0.1) is 5.02 Å². The molecule has 0 aromatic heterocycles. The van der Waals surface area contributed by atoms with Crippen molar-refractivity contribution >= 4 is 27.5 Å². The molecule has 21 heavy (non-hydrogen) atoms. The topological polar surface area (TPSA) is 12.0 Å². The Kier molecular flexibility index (Phi) is 6.97. The van der Waals surface area contributed by atoms with Crippen LogP contribution in [0.15, 0.2) is 16.6 Å². The molecule has 1 aliphatic carbocycles. The molecular weight excluding hydrogens is 353 g/mol. The van der Waals surface area contributed by atoms with Crippen molar-refractivity contribution in [3.05, 3.63) is 33.0 Å². The molecule has 1 saturated carbocycles. The van der Waals surface area contributed by atoms with Gasteiger partial charge in [-0.1, -0.05) is 50.3 Å². The van der Waals surface area contributed by atoms with Crippen molar-refractivity contribution in [2.45, 2.75) is 57.9 Å². The second-order valence-corrected chi connectivity index (χ2v) is 7.23. The monoisotopic (exact) mass is 375 g/mol. The molecule has 1 unspecified atom stereocenters. The van der Waals surface area contributed by atoms with Gasteiger partial charge in [-0.05, 0) is 53.7 Å². The van der Waals surface area contributed by atoms with Gasteiger partial charge in [0.2, 0.25) is 0 Å². The van der Waals surface area contributed by atoms with Crippen LogP contribution in [0.2, 0.25) is 5.02 Å². The molecule has 0 saturated heterocycles. The van der Waals surface area contributed by atoms with Crippen LogP contribution in [0.5, 0.6) is 0 Å². The van der Waals surface area contributed by atoms with Gasteiger partial charge in [-0.2, -0.15) is 0 Å². The van der Waals surface area contributed by atoms with E-state index in [1.807, 2.05) is 12.1 Å². The Balaban J connectivity index is 2.08. The molecule has 1 aromatic carbocycles. The van der Waals surface area contributed by atoms with Crippen LogP contribution in [-0.4, -0.2) is 6.54 Å². The van der Waals surface area contributed by atoms with Gasteiger partial charge in [0.1, 0.15) is 5.82 Å². The fraction of sp³-hybridized carbons (Fsp3) is 0.647. The average Bonchev–Trinajstić information content (AvgIpc) is 2.99. The maximum absolute atomic E-state index is 14.4. The zero-order valence-corrected chi connectivity index (χ0v) is 14.9. The van der Waals surface area contributed by atoms with Crippen molar-refractivity contribution in [1.29, 1.82) is 0 Å². The van der Waals surface area contributed by atoms with E-state index < -0.39 is 0 Å². The van der Waals surface area contributed by atoms with Crippen molar-refractivity contribution in [3.63, 3.8) is 0 Å². The second-order valence-electron chi connectivity index (χ2n) is 6.00. The Morgan fingerprint density at radius 2 is 2.10 bits per heavy atom. The minimum absolute atomic E-state index is 0.0659. The highest BCUT2D eigenvalue weighted by molar-refractivity contribution is 9.10. The molecule has 1 aliphatic rings. The SMILES string of the molecule is CCCNC(CCC1CCCC1)c1ccc(Br)c(Cl)c1F. The van der Waals surface area contributed by atoms with Crippen LogP contribution in [0.25, 0.3) is 0 Å². The van der Waals surface area contributed by atoms with E-state index in [-0.39, 0.29) is 16.9 Å². The van der Waals surface area contributed by atoms with Crippen LogP contribution < -0.4 is 5.32 Å². The highest BCUT2D eigenvalue weighted by Gasteiger charge is 2.21. The normalized spacial score (nSPS) is 17.3. The van der Waals surface area contributed by atoms with Crippen LogP contribution in [-0.2, 0) is 0 Å². The molecule has 1 N–H and O–H groups in total. The van der Waals surface area contributed by atoms with Gasteiger partial charge in [0.15, 0.2) is 0 Å². The molecule has 0 amide bonds. The van der Waals surface area contributed by atoms with Crippen LogP contribution in [0.3, 0.4) is 0 Å². The summed E-state index contributed by atoms with van der Waals surface area (Å²) in [4.78, 5) is 0. The molecule has 118 valence electrons. The summed E-state index contributed by atoms with van der Waals surface area (Å²) in [6, 6.07) is 3.76. The number of benzene rings is 1. The van der Waals surface area contributed by atoms with Gasteiger partial charge >= 0.3 is 0 Å². The van der Waals surface area contributed by atoms with Crippen molar-refractivity contribution in [2.75, 3.05) is 6.54 Å². The van der Waals surface area contributed by atoms with Gasteiger partial charge in [0, 0.05) is 16.1 Å². The highest BCUT2D eigenvalue weighted by Crippen LogP contribution is 2.35. The quantitative estimate of drug-likeness (QED) is 0.554. The summed E-state index contributed by atoms with van der Waals surface area (Å²) in [7, 11) is 0. The van der Waals surface area contributed by atoms with E-state index in [4.69, 9.17) is 11.6 Å². The molecule has 0 spiro atoms. The third kappa shape index (κ3) is 4.67. The molecule has 0 aliphatic heterocycles. The molecule has 0 heterocycles. The van der Waals surface area contributed by atoms with Crippen molar-refractivity contribution in [2.24, 2.45) is 5.92 Å². The first-order chi connectivity index (χ1) is 10.1. The van der Waals surface area contributed by atoms with E-state index in [9.17, 15) is 4.39 Å². The maximum Gasteiger partial charge on any atom is 0.147 e. The Morgan fingerprint density at radius 3 is 2.76 bits per heavy atom. The summed E-state index contributed by atoms with van der Waals surface area (Å²) < 4.78 is 15.1. The van der Waals surface area contributed by atoms with Crippen molar-refractivity contribution in [3.8, 4) is 0 Å². The summed E-state index contributed by atoms with van der Waals surface area (Å²) in [5.41, 5.74) is 0.703. The van der Waals surface area contributed by atoms with Crippen LogP contribution in [0, 0.1) is 11.7 Å². The standard InChI is InChI=1S/C17H24BrClFN/c1-2-11-21-15(10-7-12-5-3-4-6-12)13-8-9-14(18)16(19)17(13)20/h8-9,12,15,21H,2-7,10-11H2,1H3. The van der Waals surface area contributed by atoms with E-state index >= 15 is 0 Å². The van der Waals surface area contributed by atoms with Crippen LogP contribution >= 0.6 is 27.5 Å². The Bertz CT molecular complexity index is 460. The molecule has 0 radical (unpaired) electrons. The fourth-order valence-electron chi connectivity index (χ4n) is 3.20. The Labute approximate surface area is 140 Å². The molecule has 1 fully saturated rings. The smallest absolute Gasteiger partial charge is 0.147 e. The second kappa shape index (κ2) is 8.50. The first-order valence-corrected chi connectivity index (χ1v) is 9.17. The summed E-state index contributed by atoms with van der Waals surface area (Å²) in [6.45, 7) is 3.04. The molecule has 1 aromatic rings. The van der Waals surface area contributed by atoms with E-state index in [2.05, 4.69) is 28.2 Å². The lowest BCUT2D eigenvalue weighted by atomic mass is 9.94. The molecule has 4 heteroatoms. The zero-order chi connectivity index (χ0) is 15.2. The van der Waals surface area contributed by atoms with E-state index in [0.717, 1.165) is 25.3 Å². The van der Waals surface area contributed by atoms with Gasteiger partial charge in [-0.15, -0.1) is 0 Å². The van der Waals surface area contributed by atoms with Crippen LogP contribution in [0.1, 0.15) is 63.5 Å². The lowest BCUT2D eigenvalue weighted by Gasteiger charge is -2.22. The number of halogens is 3. The van der Waals surface area contributed by atoms with Gasteiger partial charge in [-0.3, -0.25) is 0 Å². The third-order valence-electron chi connectivity index (χ3n) is 4.42. The fourth-order valence-corrected chi connectivity index (χ4v) is 3.68. The maximum atomic E-state index is 14.4. The van der Waals surface area contributed by atoms with E-state index in [0.29, 0.717) is 10.0 Å². The Morgan fingerprint density at radius 1 is 1.38 bits per heavy atom. The summed E-state index contributed by atoms with van der Waals surface area (Å²) in [5, 5.41) is 3.67. The predicted molar refractivity (Wildman–Crippen MR) is 91.3 cm³/mol. The van der Waals surface area contributed by atoms with Gasteiger partial charge in [0.25, 0.3) is 0 Å². The molecular formula is C17H24BrClFN. The third-order valence-corrected chi connectivity index (χ3v) is 5.68. The summed E-state index contributed by atoms with van der Waals surface area (Å²) in [6.07, 6.45) is 8.60. The van der Waals surface area contributed by atoms with Crippen molar-refractivity contribution in [1.82, 2.24) is 5.32 Å². The number of hydrogen-bond acceptors (Lipinski definition) is 1. The lowest BCUT2D eigenvalue weighted by molar-refractivity contribution is 0.403. The largest absolute Gasteiger partial charge is 0.310 e. The summed E-state index contributed by atoms with van der Waals surface area (Å²) >= 11 is 9.32. The van der Waals surface area contributed by atoms with Crippen LogP contribution in [0.4, 0.5) is 4.39 Å². The minimum Gasteiger partial charge on any atom is -0.310 e. The molecule has 2 rings (SSSR count). The molecule has 1 nitrogen and oxygen atoms in total. The predicted octanol–water partition coefficient (Wildman–Crippen LogP) is 6.25. The number of rotatable bonds is 7. The molecule has 1 atom stereocenters. The molecule has 0 bridgehead atoms. The summed E-state index contributed by atoms with van der Waals surface area (Å²) in [5.74, 6) is 0.538. The number of hydrogen-bond donors (Lipinski definition) is 1. The van der Waals surface area contributed by atoms with Crippen molar-refractivity contribution < 1.29 is 4.39 Å².